The predicted molar refractivity (Wildman–Crippen MR) is 109 cm³/mol. The van der Waals surface area contributed by atoms with Crippen molar-refractivity contribution in [3.8, 4) is 11.5 Å². The molecule has 1 aliphatic heterocycles. The number of nitrogens with one attached hydrogen (secondary N) is 2. The highest BCUT2D eigenvalue weighted by atomic mass is 32.2. The zero-order valence-corrected chi connectivity index (χ0v) is 16.5. The normalized spacial score (nSPS) is 13.4. The Kier molecular flexibility index (Phi) is 5.25. The van der Waals surface area contributed by atoms with E-state index in [4.69, 9.17) is 9.47 Å². The summed E-state index contributed by atoms with van der Waals surface area (Å²) in [7, 11) is 0. The monoisotopic (exact) mass is 395 g/mol. The van der Waals surface area contributed by atoms with Crippen molar-refractivity contribution >= 4 is 23.4 Å². The van der Waals surface area contributed by atoms with E-state index in [1.165, 1.54) is 17.3 Å². The molecule has 3 aromatic rings. The van der Waals surface area contributed by atoms with Gasteiger partial charge in [-0.15, -0.1) is 0 Å². The highest BCUT2D eigenvalue weighted by molar-refractivity contribution is 8.00. The van der Waals surface area contributed by atoms with E-state index in [9.17, 15) is 4.79 Å². The maximum absolute atomic E-state index is 12.6. The number of imidazole rings is 1. The SMILES string of the molecule is Cc1[nH]c(SC(C)C(=O)Nc2ccc3c(c2)OCO3)nc1Cc1ccccc1. The van der Waals surface area contributed by atoms with Crippen molar-refractivity contribution in [1.29, 1.82) is 0 Å². The highest BCUT2D eigenvalue weighted by Crippen LogP contribution is 2.34. The highest BCUT2D eigenvalue weighted by Gasteiger charge is 2.19. The molecule has 0 spiro atoms. The molecule has 2 aromatic carbocycles. The summed E-state index contributed by atoms with van der Waals surface area (Å²) >= 11 is 1.41. The van der Waals surface area contributed by atoms with E-state index >= 15 is 0 Å². The van der Waals surface area contributed by atoms with E-state index in [0.717, 1.165) is 23.0 Å². The fourth-order valence-electron chi connectivity index (χ4n) is 2.92. The first-order chi connectivity index (χ1) is 13.6. The van der Waals surface area contributed by atoms with Crippen LogP contribution < -0.4 is 14.8 Å². The second-order valence-electron chi connectivity index (χ2n) is 6.59. The zero-order valence-electron chi connectivity index (χ0n) is 15.7. The quantitative estimate of drug-likeness (QED) is 0.613. The number of nitrogens with zero attached hydrogens (tertiary/aromatic N) is 1. The molecule has 1 aliphatic rings. The fraction of sp³-hybridized carbons (Fsp3) is 0.238. The van der Waals surface area contributed by atoms with Gasteiger partial charge in [0.15, 0.2) is 16.7 Å². The van der Waals surface area contributed by atoms with E-state index in [1.807, 2.05) is 32.0 Å². The lowest BCUT2D eigenvalue weighted by atomic mass is 10.1. The first kappa shape index (κ1) is 18.4. The van der Waals surface area contributed by atoms with Crippen LogP contribution in [0.2, 0.25) is 0 Å². The van der Waals surface area contributed by atoms with Crippen LogP contribution in [-0.2, 0) is 11.2 Å². The third-order valence-electron chi connectivity index (χ3n) is 4.48. The molecule has 144 valence electrons. The molecule has 1 atom stereocenters. The molecule has 1 amide bonds. The number of hydrogen-bond donors (Lipinski definition) is 2. The molecule has 0 saturated carbocycles. The molecule has 0 bridgehead atoms. The van der Waals surface area contributed by atoms with Gasteiger partial charge < -0.3 is 19.8 Å². The number of amides is 1. The topological polar surface area (TPSA) is 76.2 Å². The number of thioether (sulfide) groups is 1. The minimum absolute atomic E-state index is 0.0949. The molecule has 2 heterocycles. The molecule has 1 unspecified atom stereocenters. The van der Waals surface area contributed by atoms with Crippen LogP contribution >= 0.6 is 11.8 Å². The summed E-state index contributed by atoms with van der Waals surface area (Å²) in [5, 5.41) is 3.36. The van der Waals surface area contributed by atoms with E-state index in [2.05, 4.69) is 27.4 Å². The number of carbonyl (C=O) groups is 1. The summed E-state index contributed by atoms with van der Waals surface area (Å²) in [5.41, 5.74) is 3.91. The van der Waals surface area contributed by atoms with E-state index in [-0.39, 0.29) is 18.0 Å². The van der Waals surface area contributed by atoms with Crippen molar-refractivity contribution < 1.29 is 14.3 Å². The summed E-state index contributed by atoms with van der Waals surface area (Å²) in [6.45, 7) is 4.08. The summed E-state index contributed by atoms with van der Waals surface area (Å²) in [5.74, 6) is 1.24. The van der Waals surface area contributed by atoms with Gasteiger partial charge in [-0.3, -0.25) is 4.79 Å². The van der Waals surface area contributed by atoms with Gasteiger partial charge in [-0.1, -0.05) is 42.1 Å². The smallest absolute Gasteiger partial charge is 0.237 e. The van der Waals surface area contributed by atoms with Gasteiger partial charge in [-0.25, -0.2) is 4.98 Å². The second-order valence-corrected chi connectivity index (χ2v) is 7.92. The van der Waals surface area contributed by atoms with E-state index in [1.54, 1.807) is 18.2 Å². The molecule has 2 N–H and O–H groups in total. The molecule has 1 aromatic heterocycles. The number of hydrogen-bond acceptors (Lipinski definition) is 5. The zero-order chi connectivity index (χ0) is 19.5. The lowest BCUT2D eigenvalue weighted by Crippen LogP contribution is -2.22. The van der Waals surface area contributed by atoms with Crippen LogP contribution in [0.4, 0.5) is 5.69 Å². The van der Waals surface area contributed by atoms with Gasteiger partial charge in [0.1, 0.15) is 0 Å². The van der Waals surface area contributed by atoms with Gasteiger partial charge in [0.2, 0.25) is 12.7 Å². The third-order valence-corrected chi connectivity index (χ3v) is 5.46. The minimum Gasteiger partial charge on any atom is -0.454 e. The fourth-order valence-corrected chi connectivity index (χ4v) is 3.80. The number of aromatic amines is 1. The Balaban J connectivity index is 1.38. The molecule has 0 radical (unpaired) electrons. The molecule has 7 heteroatoms. The van der Waals surface area contributed by atoms with Crippen molar-refractivity contribution in [3.05, 3.63) is 65.5 Å². The number of ether oxygens (including phenoxy) is 2. The summed E-state index contributed by atoms with van der Waals surface area (Å²) in [6, 6.07) is 15.6. The number of anilines is 1. The lowest BCUT2D eigenvalue weighted by Gasteiger charge is -2.11. The Labute approximate surface area is 167 Å². The van der Waals surface area contributed by atoms with Gasteiger partial charge in [0.25, 0.3) is 0 Å². The molecule has 0 aliphatic carbocycles. The van der Waals surface area contributed by atoms with Crippen molar-refractivity contribution in [1.82, 2.24) is 9.97 Å². The van der Waals surface area contributed by atoms with Crippen molar-refractivity contribution in [2.24, 2.45) is 0 Å². The second kappa shape index (κ2) is 7.98. The Hall–Kier alpha value is -2.93. The van der Waals surface area contributed by atoms with Crippen LogP contribution in [0.15, 0.2) is 53.7 Å². The molecule has 28 heavy (non-hydrogen) atoms. The first-order valence-corrected chi connectivity index (χ1v) is 9.93. The number of rotatable bonds is 6. The number of H-pyrrole nitrogens is 1. The molecule has 6 nitrogen and oxygen atoms in total. The Morgan fingerprint density at radius 3 is 2.82 bits per heavy atom. The van der Waals surface area contributed by atoms with Crippen LogP contribution in [0.3, 0.4) is 0 Å². The number of aromatic nitrogens is 2. The standard InChI is InChI=1S/C21H21N3O3S/c1-13-17(10-15-6-4-3-5-7-15)24-21(22-13)28-14(2)20(25)23-16-8-9-18-19(11-16)27-12-26-18/h3-9,11,14H,10,12H2,1-2H3,(H,22,24)(H,23,25). The lowest BCUT2D eigenvalue weighted by molar-refractivity contribution is -0.115. The van der Waals surface area contributed by atoms with Gasteiger partial charge in [0, 0.05) is 23.9 Å². The molecule has 0 fully saturated rings. The van der Waals surface area contributed by atoms with E-state index in [0.29, 0.717) is 17.2 Å². The van der Waals surface area contributed by atoms with Gasteiger partial charge in [-0.05, 0) is 31.5 Å². The number of aryl methyl sites for hydroxylation is 1. The Morgan fingerprint density at radius 2 is 2.00 bits per heavy atom. The molecule has 4 rings (SSSR count). The number of carbonyl (C=O) groups excluding carboxylic acids is 1. The third kappa shape index (κ3) is 4.14. The number of fused-ring (bicyclic) bond motifs is 1. The van der Waals surface area contributed by atoms with Crippen molar-refractivity contribution in [3.63, 3.8) is 0 Å². The summed E-state index contributed by atoms with van der Waals surface area (Å²) in [6.07, 6.45) is 0.765. The first-order valence-electron chi connectivity index (χ1n) is 9.05. The van der Waals surface area contributed by atoms with Crippen LogP contribution in [0, 0.1) is 6.92 Å². The summed E-state index contributed by atoms with van der Waals surface area (Å²) in [4.78, 5) is 20.5. The predicted octanol–water partition coefficient (Wildman–Crippen LogP) is 4.16. The van der Waals surface area contributed by atoms with Gasteiger partial charge in [-0.2, -0.15) is 0 Å². The van der Waals surface area contributed by atoms with Crippen molar-refractivity contribution in [2.75, 3.05) is 12.1 Å². The van der Waals surface area contributed by atoms with Crippen LogP contribution in [0.5, 0.6) is 11.5 Å². The Morgan fingerprint density at radius 1 is 1.21 bits per heavy atom. The minimum atomic E-state index is -0.305. The van der Waals surface area contributed by atoms with Crippen molar-refractivity contribution in [2.45, 2.75) is 30.7 Å². The molecule has 0 saturated heterocycles. The van der Waals surface area contributed by atoms with Crippen LogP contribution in [-0.4, -0.2) is 27.9 Å². The Bertz CT molecular complexity index is 988. The van der Waals surface area contributed by atoms with Crippen LogP contribution in [0.25, 0.3) is 0 Å². The van der Waals surface area contributed by atoms with Gasteiger partial charge >= 0.3 is 0 Å². The number of benzene rings is 2. The maximum atomic E-state index is 12.6. The molecular weight excluding hydrogens is 374 g/mol. The van der Waals surface area contributed by atoms with E-state index < -0.39 is 0 Å². The largest absolute Gasteiger partial charge is 0.454 e. The average molecular weight is 395 g/mol. The van der Waals surface area contributed by atoms with Crippen LogP contribution in [0.1, 0.15) is 23.9 Å². The van der Waals surface area contributed by atoms with Gasteiger partial charge in [0.05, 0.1) is 10.9 Å². The summed E-state index contributed by atoms with van der Waals surface area (Å²) < 4.78 is 10.6. The maximum Gasteiger partial charge on any atom is 0.237 e. The average Bonchev–Trinajstić information content (AvgIpc) is 3.28. The molecular formula is C21H21N3O3S.